The molecule has 3 aliphatic heterocycles. The second kappa shape index (κ2) is 8.01. The van der Waals surface area contributed by atoms with Gasteiger partial charge in [0.25, 0.3) is 5.56 Å². The molecule has 2 fully saturated rings. The lowest BCUT2D eigenvalue weighted by Crippen LogP contribution is -2.54. The number of pyridine rings is 1. The first-order valence-corrected chi connectivity index (χ1v) is 10.7. The van der Waals surface area contributed by atoms with Gasteiger partial charge in [-0.15, -0.1) is 0 Å². The predicted molar refractivity (Wildman–Crippen MR) is 114 cm³/mol. The highest BCUT2D eigenvalue weighted by atomic mass is 19.4. The summed E-state index contributed by atoms with van der Waals surface area (Å²) in [5.41, 5.74) is -0.253. The number of morpholine rings is 1. The van der Waals surface area contributed by atoms with Crippen LogP contribution in [-0.2, 0) is 11.3 Å². The molecule has 5 heterocycles. The van der Waals surface area contributed by atoms with E-state index in [1.165, 1.54) is 22.9 Å². The van der Waals surface area contributed by atoms with Crippen LogP contribution in [0.3, 0.4) is 0 Å². The molecule has 3 aliphatic rings. The third-order valence-electron chi connectivity index (χ3n) is 6.46. The van der Waals surface area contributed by atoms with Crippen molar-refractivity contribution in [2.75, 3.05) is 41.9 Å². The molecule has 0 spiro atoms. The Morgan fingerprint density at radius 2 is 2.15 bits per heavy atom. The van der Waals surface area contributed by atoms with E-state index in [2.05, 4.69) is 15.3 Å². The number of carbonyl (C=O) groups is 1. The summed E-state index contributed by atoms with van der Waals surface area (Å²) >= 11 is 0. The fraction of sp³-hybridized carbons (Fsp3) is 0.524. The Balaban J connectivity index is 1.51. The van der Waals surface area contributed by atoms with Gasteiger partial charge >= 0.3 is 6.18 Å². The number of hydrogen-bond acceptors (Lipinski definition) is 8. The Labute approximate surface area is 187 Å². The monoisotopic (exact) mass is 464 g/mol. The first-order valence-electron chi connectivity index (χ1n) is 10.7. The van der Waals surface area contributed by atoms with Gasteiger partial charge in [0.15, 0.2) is 5.78 Å². The Bertz CT molecular complexity index is 1120. The molecule has 0 saturated carbocycles. The molecule has 1 N–H and O–H groups in total. The molecule has 0 aromatic carbocycles. The van der Waals surface area contributed by atoms with Crippen molar-refractivity contribution >= 4 is 23.4 Å². The van der Waals surface area contributed by atoms with E-state index < -0.39 is 30.1 Å². The second-order valence-corrected chi connectivity index (χ2v) is 8.48. The number of rotatable bonds is 5. The fourth-order valence-electron chi connectivity index (χ4n) is 4.76. The average molecular weight is 464 g/mol. The zero-order valence-electron chi connectivity index (χ0n) is 17.9. The van der Waals surface area contributed by atoms with Gasteiger partial charge < -0.3 is 19.9 Å². The molecule has 33 heavy (non-hydrogen) atoms. The van der Waals surface area contributed by atoms with E-state index in [4.69, 9.17) is 4.74 Å². The van der Waals surface area contributed by atoms with Crippen LogP contribution >= 0.6 is 0 Å². The summed E-state index contributed by atoms with van der Waals surface area (Å²) in [4.78, 5) is 37.1. The van der Waals surface area contributed by atoms with E-state index in [0.29, 0.717) is 24.8 Å². The third kappa shape index (κ3) is 3.92. The highest BCUT2D eigenvalue weighted by Gasteiger charge is 2.48. The first kappa shape index (κ1) is 21.7. The lowest BCUT2D eigenvalue weighted by Gasteiger charge is -2.39. The maximum Gasteiger partial charge on any atom is 0.408 e. The SMILES string of the molecule is CNc1ccc(C(=O)CN2c3nc(N4C[C@H]5C[C@H]4CO5)cc(=O)n3CC[C@H]2C(F)(F)F)cn1. The minimum Gasteiger partial charge on any atom is -0.374 e. The van der Waals surface area contributed by atoms with Gasteiger partial charge in [0.1, 0.15) is 17.7 Å². The zero-order valence-corrected chi connectivity index (χ0v) is 17.9. The van der Waals surface area contributed by atoms with Crippen LogP contribution < -0.4 is 20.7 Å². The average Bonchev–Trinajstić information content (AvgIpc) is 3.42. The molecule has 176 valence electrons. The van der Waals surface area contributed by atoms with Crippen LogP contribution in [0.25, 0.3) is 0 Å². The van der Waals surface area contributed by atoms with Crippen molar-refractivity contribution in [3.63, 3.8) is 0 Å². The molecule has 2 saturated heterocycles. The number of nitrogens with zero attached hydrogens (tertiary/aromatic N) is 5. The maximum absolute atomic E-state index is 13.9. The third-order valence-corrected chi connectivity index (χ3v) is 6.46. The number of carbonyl (C=O) groups excluding carboxylic acids is 1. The Kier molecular flexibility index (Phi) is 5.26. The summed E-state index contributed by atoms with van der Waals surface area (Å²) in [7, 11) is 1.67. The minimum atomic E-state index is -4.59. The van der Waals surface area contributed by atoms with Crippen LogP contribution in [0.15, 0.2) is 29.2 Å². The number of ether oxygens (including phenoxy) is 1. The lowest BCUT2D eigenvalue weighted by molar-refractivity contribution is -0.152. The molecule has 3 atom stereocenters. The second-order valence-electron chi connectivity index (χ2n) is 8.48. The number of aromatic nitrogens is 3. The zero-order chi connectivity index (χ0) is 23.3. The standard InChI is InChI=1S/C21H23F3N6O3/c1-25-17-3-2-12(8-26-17)15(31)10-30-16(21(22,23)24)4-5-28-19(32)7-18(27-20(28)30)29-9-14-6-13(29)11-33-14/h2-3,7-8,13-14,16H,4-6,9-11H2,1H3,(H,25,26)/t13-,14+,16-/m0/s1. The molecule has 0 aliphatic carbocycles. The molecule has 2 aromatic rings. The summed E-state index contributed by atoms with van der Waals surface area (Å²) in [5.74, 6) is 0.177. The molecule has 2 aromatic heterocycles. The van der Waals surface area contributed by atoms with Crippen molar-refractivity contribution in [3.8, 4) is 0 Å². The fourth-order valence-corrected chi connectivity index (χ4v) is 4.76. The van der Waals surface area contributed by atoms with Crippen LogP contribution in [-0.4, -0.2) is 71.4 Å². The van der Waals surface area contributed by atoms with E-state index in [1.807, 2.05) is 4.90 Å². The molecule has 0 unspecified atom stereocenters. The van der Waals surface area contributed by atoms with Gasteiger partial charge in [-0.05, 0) is 25.0 Å². The molecular formula is C21H23F3N6O3. The number of fused-ring (bicyclic) bond motifs is 3. The number of ketones is 1. The molecular weight excluding hydrogens is 441 g/mol. The van der Waals surface area contributed by atoms with Crippen LogP contribution in [0.1, 0.15) is 23.2 Å². The molecule has 12 heteroatoms. The lowest BCUT2D eigenvalue weighted by atomic mass is 10.1. The van der Waals surface area contributed by atoms with Crippen molar-refractivity contribution in [2.24, 2.45) is 0 Å². The van der Waals surface area contributed by atoms with E-state index in [1.54, 1.807) is 13.1 Å². The number of alkyl halides is 3. The van der Waals surface area contributed by atoms with E-state index in [-0.39, 0.29) is 36.6 Å². The number of hydrogen-bond donors (Lipinski definition) is 1. The highest BCUT2D eigenvalue weighted by Crippen LogP contribution is 2.36. The van der Waals surface area contributed by atoms with Gasteiger partial charge in [0.05, 0.1) is 25.3 Å². The summed E-state index contributed by atoms with van der Waals surface area (Å²) < 4.78 is 48.6. The van der Waals surface area contributed by atoms with Gasteiger partial charge in [0.2, 0.25) is 5.95 Å². The van der Waals surface area contributed by atoms with Gasteiger partial charge in [-0.2, -0.15) is 18.2 Å². The number of Topliss-reactive ketones (excluding diaryl/α,β-unsaturated/α-hetero) is 1. The van der Waals surface area contributed by atoms with Crippen molar-refractivity contribution in [1.82, 2.24) is 14.5 Å². The van der Waals surface area contributed by atoms with Crippen LogP contribution in [0, 0.1) is 0 Å². The largest absolute Gasteiger partial charge is 0.408 e. The van der Waals surface area contributed by atoms with Crippen molar-refractivity contribution in [1.29, 1.82) is 0 Å². The molecule has 5 rings (SSSR count). The van der Waals surface area contributed by atoms with E-state index in [0.717, 1.165) is 11.3 Å². The van der Waals surface area contributed by atoms with Crippen LogP contribution in [0.2, 0.25) is 0 Å². The number of anilines is 3. The van der Waals surface area contributed by atoms with Crippen molar-refractivity contribution in [2.45, 2.75) is 43.8 Å². The van der Waals surface area contributed by atoms with Gasteiger partial charge in [0, 0.05) is 38.0 Å². The van der Waals surface area contributed by atoms with Gasteiger partial charge in [-0.25, -0.2) is 4.98 Å². The highest BCUT2D eigenvalue weighted by molar-refractivity contribution is 5.99. The summed E-state index contributed by atoms with van der Waals surface area (Å²) in [6.07, 6.45) is -2.79. The molecule has 2 bridgehead atoms. The van der Waals surface area contributed by atoms with Gasteiger partial charge in [-0.3, -0.25) is 14.2 Å². The summed E-state index contributed by atoms with van der Waals surface area (Å²) in [6, 6.07) is 2.55. The van der Waals surface area contributed by atoms with E-state index >= 15 is 0 Å². The van der Waals surface area contributed by atoms with Crippen LogP contribution in [0.5, 0.6) is 0 Å². The minimum absolute atomic E-state index is 0.0317. The predicted octanol–water partition coefficient (Wildman–Crippen LogP) is 1.68. The van der Waals surface area contributed by atoms with Crippen molar-refractivity contribution < 1.29 is 22.7 Å². The summed E-state index contributed by atoms with van der Waals surface area (Å²) in [5, 5.41) is 2.82. The van der Waals surface area contributed by atoms with Crippen LogP contribution in [0.4, 0.5) is 30.8 Å². The normalized spacial score (nSPS) is 24.2. The maximum atomic E-state index is 13.9. The van der Waals surface area contributed by atoms with E-state index in [9.17, 15) is 22.8 Å². The summed E-state index contributed by atoms with van der Waals surface area (Å²) in [6.45, 7) is 0.332. The van der Waals surface area contributed by atoms with Crippen molar-refractivity contribution in [3.05, 3.63) is 40.3 Å². The van der Waals surface area contributed by atoms with Gasteiger partial charge in [-0.1, -0.05) is 0 Å². The Morgan fingerprint density at radius 3 is 2.76 bits per heavy atom. The number of halogens is 3. The topological polar surface area (TPSA) is 92.6 Å². The Morgan fingerprint density at radius 1 is 1.33 bits per heavy atom. The molecule has 9 nitrogen and oxygen atoms in total. The molecule has 0 amide bonds. The smallest absolute Gasteiger partial charge is 0.374 e. The molecule has 0 radical (unpaired) electrons. The quantitative estimate of drug-likeness (QED) is 0.669. The number of nitrogens with one attached hydrogen (secondary N) is 1. The Hall–Kier alpha value is -3.15. The first-order chi connectivity index (χ1) is 15.7.